The van der Waals surface area contributed by atoms with Gasteiger partial charge in [-0.2, -0.15) is 0 Å². The number of oxazole rings is 1. The maximum atomic E-state index is 13.5. The van der Waals surface area contributed by atoms with Gasteiger partial charge in [0.15, 0.2) is 5.58 Å². The topological polar surface area (TPSA) is 52.5 Å². The van der Waals surface area contributed by atoms with Crippen LogP contribution in [0.3, 0.4) is 0 Å². The second kappa shape index (κ2) is 7.37. The third kappa shape index (κ3) is 3.63. The molecule has 0 radical (unpaired) electrons. The Labute approximate surface area is 167 Å². The van der Waals surface area contributed by atoms with Crippen LogP contribution >= 0.6 is 0 Å². The summed E-state index contributed by atoms with van der Waals surface area (Å²) in [6.07, 6.45) is 0.915. The molecule has 6 heteroatoms. The zero-order valence-electron chi connectivity index (χ0n) is 16.0. The summed E-state index contributed by atoms with van der Waals surface area (Å²) in [5, 5.41) is 2.04. The lowest BCUT2D eigenvalue weighted by Gasteiger charge is -2.36. The van der Waals surface area contributed by atoms with Gasteiger partial charge in [-0.3, -0.25) is 9.88 Å². The molecule has 1 N–H and O–H groups in total. The van der Waals surface area contributed by atoms with Crippen LogP contribution in [-0.2, 0) is 6.42 Å². The molecule has 0 bridgehead atoms. The number of rotatable bonds is 4. The summed E-state index contributed by atoms with van der Waals surface area (Å²) >= 11 is 0. The predicted octanol–water partition coefficient (Wildman–Crippen LogP) is 3.78. The molecule has 3 aromatic carbocycles. The predicted molar refractivity (Wildman–Crippen MR) is 113 cm³/mol. The second-order valence-corrected chi connectivity index (χ2v) is 7.57. The fourth-order valence-corrected chi connectivity index (χ4v) is 4.16. The quantitative estimate of drug-likeness (QED) is 0.575. The van der Waals surface area contributed by atoms with E-state index in [0.717, 1.165) is 55.4 Å². The van der Waals surface area contributed by atoms with Gasteiger partial charge in [-0.25, -0.2) is 9.18 Å². The van der Waals surface area contributed by atoms with Crippen LogP contribution in [0.25, 0.3) is 21.9 Å². The average molecular weight is 391 g/mol. The molecule has 2 heterocycles. The summed E-state index contributed by atoms with van der Waals surface area (Å²) in [6.45, 7) is 4.83. The van der Waals surface area contributed by atoms with Crippen LogP contribution in [0.4, 0.5) is 10.1 Å². The monoisotopic (exact) mass is 391 g/mol. The number of hydrogen-bond donors (Lipinski definition) is 1. The van der Waals surface area contributed by atoms with E-state index in [0.29, 0.717) is 5.58 Å². The molecule has 0 unspecified atom stereocenters. The van der Waals surface area contributed by atoms with Crippen molar-refractivity contribution in [3.05, 3.63) is 76.5 Å². The number of aromatic nitrogens is 1. The number of anilines is 1. The lowest BCUT2D eigenvalue weighted by atomic mass is 10.1. The van der Waals surface area contributed by atoms with Crippen molar-refractivity contribution in [3.63, 3.8) is 0 Å². The van der Waals surface area contributed by atoms with Crippen molar-refractivity contribution in [1.82, 2.24) is 9.88 Å². The molecule has 29 heavy (non-hydrogen) atoms. The Morgan fingerprint density at radius 2 is 1.86 bits per heavy atom. The number of nitrogens with one attached hydrogen (secondary N) is 1. The van der Waals surface area contributed by atoms with Crippen molar-refractivity contribution < 1.29 is 8.81 Å². The molecule has 0 atom stereocenters. The number of hydrogen-bond acceptors (Lipinski definition) is 4. The maximum Gasteiger partial charge on any atom is 0.417 e. The Morgan fingerprint density at radius 3 is 2.72 bits per heavy atom. The van der Waals surface area contributed by atoms with Gasteiger partial charge in [0.25, 0.3) is 0 Å². The molecule has 0 amide bonds. The van der Waals surface area contributed by atoms with Crippen molar-refractivity contribution >= 4 is 27.6 Å². The Balaban J connectivity index is 1.23. The summed E-state index contributed by atoms with van der Waals surface area (Å²) in [4.78, 5) is 18.8. The molecular formula is C23H22FN3O2. The Kier molecular flexibility index (Phi) is 4.56. The average Bonchev–Trinajstić information content (AvgIpc) is 3.11. The molecule has 0 aliphatic carbocycles. The second-order valence-electron chi connectivity index (χ2n) is 7.57. The molecular weight excluding hydrogens is 369 g/mol. The summed E-state index contributed by atoms with van der Waals surface area (Å²) in [6, 6.07) is 17.0. The maximum absolute atomic E-state index is 13.5. The van der Waals surface area contributed by atoms with E-state index in [1.807, 2.05) is 36.4 Å². The van der Waals surface area contributed by atoms with E-state index in [2.05, 4.69) is 20.9 Å². The Bertz CT molecular complexity index is 1220. The molecule has 5 nitrogen and oxygen atoms in total. The molecule has 1 saturated heterocycles. The molecule has 0 spiro atoms. The summed E-state index contributed by atoms with van der Waals surface area (Å²) < 4.78 is 18.7. The first-order chi connectivity index (χ1) is 14.2. The SMILES string of the molecule is O=c1[nH]c2ccc(CCN3CCN(c4cccc5cc(F)ccc45)CC3)cc2o1. The molecule has 148 valence electrons. The van der Waals surface area contributed by atoms with E-state index in [9.17, 15) is 9.18 Å². The minimum absolute atomic E-state index is 0.198. The first-order valence-corrected chi connectivity index (χ1v) is 9.93. The van der Waals surface area contributed by atoms with Crippen molar-refractivity contribution in [2.75, 3.05) is 37.6 Å². The van der Waals surface area contributed by atoms with Crippen LogP contribution in [-0.4, -0.2) is 42.6 Å². The van der Waals surface area contributed by atoms with E-state index in [1.165, 1.54) is 17.3 Å². The van der Waals surface area contributed by atoms with E-state index < -0.39 is 5.76 Å². The molecule has 1 aliphatic rings. The molecule has 1 fully saturated rings. The van der Waals surface area contributed by atoms with Crippen molar-refractivity contribution in [1.29, 1.82) is 0 Å². The minimum Gasteiger partial charge on any atom is -0.408 e. The number of nitrogens with zero attached hydrogens (tertiary/aromatic N) is 2. The third-order valence-corrected chi connectivity index (χ3v) is 5.73. The van der Waals surface area contributed by atoms with E-state index in [-0.39, 0.29) is 5.82 Å². The summed E-state index contributed by atoms with van der Waals surface area (Å²) in [5.41, 5.74) is 3.70. The normalized spacial score (nSPS) is 15.4. The zero-order chi connectivity index (χ0) is 19.8. The highest BCUT2D eigenvalue weighted by molar-refractivity contribution is 5.94. The zero-order valence-corrected chi connectivity index (χ0v) is 16.0. The van der Waals surface area contributed by atoms with Gasteiger partial charge in [-0.15, -0.1) is 0 Å². The van der Waals surface area contributed by atoms with Gasteiger partial charge < -0.3 is 9.32 Å². The first kappa shape index (κ1) is 17.9. The van der Waals surface area contributed by atoms with E-state index in [1.54, 1.807) is 6.07 Å². The molecule has 1 aliphatic heterocycles. The van der Waals surface area contributed by atoms with Crippen LogP contribution in [0, 0.1) is 5.82 Å². The highest BCUT2D eigenvalue weighted by Crippen LogP contribution is 2.28. The third-order valence-electron chi connectivity index (χ3n) is 5.73. The smallest absolute Gasteiger partial charge is 0.408 e. The van der Waals surface area contributed by atoms with Crippen molar-refractivity contribution in [2.45, 2.75) is 6.42 Å². The summed E-state index contributed by atoms with van der Waals surface area (Å²) in [5.74, 6) is -0.610. The number of halogens is 1. The largest absolute Gasteiger partial charge is 0.417 e. The number of aromatic amines is 1. The van der Waals surface area contributed by atoms with Crippen LogP contribution in [0.15, 0.2) is 63.8 Å². The number of H-pyrrole nitrogens is 1. The number of piperazine rings is 1. The molecule has 5 rings (SSSR count). The highest BCUT2D eigenvalue weighted by atomic mass is 19.1. The number of benzene rings is 3. The summed E-state index contributed by atoms with van der Waals surface area (Å²) in [7, 11) is 0. The van der Waals surface area contributed by atoms with Crippen molar-refractivity contribution in [3.8, 4) is 0 Å². The van der Waals surface area contributed by atoms with Crippen LogP contribution in [0.1, 0.15) is 5.56 Å². The van der Waals surface area contributed by atoms with Crippen LogP contribution in [0.2, 0.25) is 0 Å². The van der Waals surface area contributed by atoms with E-state index >= 15 is 0 Å². The van der Waals surface area contributed by atoms with E-state index in [4.69, 9.17) is 4.42 Å². The van der Waals surface area contributed by atoms with Gasteiger partial charge in [0.2, 0.25) is 0 Å². The fourth-order valence-electron chi connectivity index (χ4n) is 4.16. The van der Waals surface area contributed by atoms with Gasteiger partial charge >= 0.3 is 5.76 Å². The molecule has 1 aromatic heterocycles. The van der Waals surface area contributed by atoms with Gasteiger partial charge in [0.1, 0.15) is 5.82 Å². The Hall–Kier alpha value is -3.12. The highest BCUT2D eigenvalue weighted by Gasteiger charge is 2.18. The minimum atomic E-state index is -0.413. The van der Waals surface area contributed by atoms with Crippen molar-refractivity contribution in [2.24, 2.45) is 0 Å². The lowest BCUT2D eigenvalue weighted by molar-refractivity contribution is 0.261. The van der Waals surface area contributed by atoms with Gasteiger partial charge in [-0.1, -0.05) is 18.2 Å². The Morgan fingerprint density at radius 1 is 1.00 bits per heavy atom. The molecule has 4 aromatic rings. The number of fused-ring (bicyclic) bond motifs is 2. The van der Waals surface area contributed by atoms with Gasteiger partial charge in [0.05, 0.1) is 5.52 Å². The van der Waals surface area contributed by atoms with Gasteiger partial charge in [0, 0.05) is 43.8 Å². The van der Waals surface area contributed by atoms with Crippen LogP contribution in [0.5, 0.6) is 0 Å². The van der Waals surface area contributed by atoms with Crippen LogP contribution < -0.4 is 10.7 Å². The standard InChI is InChI=1S/C23H22FN3O2/c24-18-5-6-19-17(15-18)2-1-3-21(19)27-12-10-26(11-13-27)9-8-16-4-7-20-22(14-16)29-23(28)25-20/h1-7,14-15H,8-13H2,(H,25,28). The molecule has 0 saturated carbocycles. The fraction of sp³-hybridized carbons (Fsp3) is 0.261. The lowest BCUT2D eigenvalue weighted by Crippen LogP contribution is -2.47. The first-order valence-electron chi connectivity index (χ1n) is 9.93. The van der Waals surface area contributed by atoms with Gasteiger partial charge in [-0.05, 0) is 53.8 Å².